The zero-order valence-electron chi connectivity index (χ0n) is 12.2. The second kappa shape index (κ2) is 5.76. The van der Waals surface area contributed by atoms with Crippen molar-refractivity contribution < 1.29 is 14.6 Å². The Labute approximate surface area is 119 Å². The number of hydrogen-bond donors (Lipinski definition) is 1. The Morgan fingerprint density at radius 2 is 2.35 bits per heavy atom. The van der Waals surface area contributed by atoms with Crippen molar-refractivity contribution in [3.8, 4) is 5.88 Å². The number of methoxy groups -OCH3 is 1. The van der Waals surface area contributed by atoms with Gasteiger partial charge in [0.25, 0.3) is 5.91 Å². The van der Waals surface area contributed by atoms with Gasteiger partial charge in [-0.2, -0.15) is 0 Å². The van der Waals surface area contributed by atoms with Gasteiger partial charge >= 0.3 is 0 Å². The standard InChI is InChI=1S/C14H21N3O3/c1-16(2)9-14(19)5-7-17(10-14)13(18)11-4-6-15-12(8-11)20-3/h4,6,8,19H,5,7,9-10H2,1-3H3/t14-/m0/s1. The lowest BCUT2D eigenvalue weighted by Crippen LogP contribution is -2.43. The molecule has 1 amide bonds. The number of carbonyl (C=O) groups excluding carboxylic acids is 1. The van der Waals surface area contributed by atoms with Crippen molar-refractivity contribution in [1.82, 2.24) is 14.8 Å². The normalized spacial score (nSPS) is 22.4. The highest BCUT2D eigenvalue weighted by Gasteiger charge is 2.38. The Morgan fingerprint density at radius 3 is 3.00 bits per heavy atom. The van der Waals surface area contributed by atoms with Crippen molar-refractivity contribution >= 4 is 5.91 Å². The predicted octanol–water partition coefficient (Wildman–Crippen LogP) is 0.229. The molecule has 6 nitrogen and oxygen atoms in total. The van der Waals surface area contributed by atoms with Gasteiger partial charge in [-0.05, 0) is 26.6 Å². The van der Waals surface area contributed by atoms with E-state index in [9.17, 15) is 9.90 Å². The van der Waals surface area contributed by atoms with Crippen molar-refractivity contribution in [3.05, 3.63) is 23.9 Å². The van der Waals surface area contributed by atoms with E-state index < -0.39 is 5.60 Å². The monoisotopic (exact) mass is 279 g/mol. The first-order valence-electron chi connectivity index (χ1n) is 6.60. The van der Waals surface area contributed by atoms with Crippen LogP contribution in [0.2, 0.25) is 0 Å². The van der Waals surface area contributed by atoms with Crippen LogP contribution in [-0.2, 0) is 0 Å². The molecular formula is C14H21N3O3. The van der Waals surface area contributed by atoms with Gasteiger partial charge in [0.1, 0.15) is 0 Å². The van der Waals surface area contributed by atoms with Crippen molar-refractivity contribution in [2.75, 3.05) is 40.8 Å². The minimum atomic E-state index is -0.823. The van der Waals surface area contributed by atoms with Gasteiger partial charge < -0.3 is 19.6 Å². The topological polar surface area (TPSA) is 65.9 Å². The molecule has 0 bridgehead atoms. The molecule has 0 unspecified atom stereocenters. The summed E-state index contributed by atoms with van der Waals surface area (Å²) in [7, 11) is 5.34. The van der Waals surface area contributed by atoms with Gasteiger partial charge in [-0.1, -0.05) is 0 Å². The number of likely N-dealkylation sites (N-methyl/N-ethyl adjacent to an activating group) is 1. The molecule has 6 heteroatoms. The van der Waals surface area contributed by atoms with E-state index in [1.165, 1.54) is 7.11 Å². The highest BCUT2D eigenvalue weighted by molar-refractivity contribution is 5.94. The number of nitrogens with zero attached hydrogens (tertiary/aromatic N) is 3. The highest BCUT2D eigenvalue weighted by atomic mass is 16.5. The number of aliphatic hydroxyl groups is 1. The smallest absolute Gasteiger partial charge is 0.254 e. The molecule has 1 aromatic heterocycles. The van der Waals surface area contributed by atoms with Crippen LogP contribution in [0.25, 0.3) is 0 Å². The van der Waals surface area contributed by atoms with Gasteiger partial charge in [0.2, 0.25) is 5.88 Å². The summed E-state index contributed by atoms with van der Waals surface area (Å²) in [5.74, 6) is 0.319. The summed E-state index contributed by atoms with van der Waals surface area (Å²) in [4.78, 5) is 20.0. The van der Waals surface area contributed by atoms with Crippen LogP contribution < -0.4 is 4.74 Å². The van der Waals surface area contributed by atoms with Crippen LogP contribution in [-0.4, -0.2) is 72.2 Å². The number of β-amino-alcohol motifs (C(OH)–C–C–N with tert-alkyl or cyclic N) is 1. The fraction of sp³-hybridized carbons (Fsp3) is 0.571. The minimum Gasteiger partial charge on any atom is -0.481 e. The maximum Gasteiger partial charge on any atom is 0.254 e. The lowest BCUT2D eigenvalue weighted by atomic mass is 10.0. The molecule has 1 aliphatic heterocycles. The third kappa shape index (κ3) is 3.26. The number of likely N-dealkylation sites (tertiary alicyclic amines) is 1. The lowest BCUT2D eigenvalue weighted by molar-refractivity contribution is 0.0236. The molecule has 2 heterocycles. The first-order chi connectivity index (χ1) is 9.43. The van der Waals surface area contributed by atoms with Crippen LogP contribution in [0.3, 0.4) is 0 Å². The Morgan fingerprint density at radius 1 is 1.60 bits per heavy atom. The summed E-state index contributed by atoms with van der Waals surface area (Å²) in [5, 5.41) is 10.5. The van der Waals surface area contributed by atoms with Crippen LogP contribution >= 0.6 is 0 Å². The molecule has 1 aromatic rings. The fourth-order valence-corrected chi connectivity index (χ4v) is 2.58. The predicted molar refractivity (Wildman–Crippen MR) is 74.8 cm³/mol. The number of aromatic nitrogens is 1. The second-order valence-electron chi connectivity index (χ2n) is 5.53. The van der Waals surface area contributed by atoms with Crippen LogP contribution in [0.15, 0.2) is 18.3 Å². The number of rotatable bonds is 4. The van der Waals surface area contributed by atoms with E-state index in [4.69, 9.17) is 4.74 Å². The Hall–Kier alpha value is -1.66. The van der Waals surface area contributed by atoms with E-state index in [0.717, 1.165) is 0 Å². The van der Waals surface area contributed by atoms with E-state index in [1.54, 1.807) is 23.2 Å². The molecule has 1 aliphatic rings. The van der Waals surface area contributed by atoms with Gasteiger partial charge in [0, 0.05) is 30.9 Å². The zero-order chi connectivity index (χ0) is 14.8. The molecule has 1 atom stereocenters. The van der Waals surface area contributed by atoms with Crippen molar-refractivity contribution in [2.45, 2.75) is 12.0 Å². The van der Waals surface area contributed by atoms with Gasteiger partial charge in [0.15, 0.2) is 0 Å². The maximum absolute atomic E-state index is 12.4. The summed E-state index contributed by atoms with van der Waals surface area (Å²) in [6.07, 6.45) is 2.15. The van der Waals surface area contributed by atoms with Crippen molar-refractivity contribution in [3.63, 3.8) is 0 Å². The minimum absolute atomic E-state index is 0.0969. The second-order valence-corrected chi connectivity index (χ2v) is 5.53. The van der Waals surface area contributed by atoms with E-state index in [-0.39, 0.29) is 5.91 Å². The van der Waals surface area contributed by atoms with Crippen LogP contribution in [0.4, 0.5) is 0 Å². The Balaban J connectivity index is 2.07. The molecular weight excluding hydrogens is 258 g/mol. The molecule has 2 rings (SSSR count). The number of carbonyl (C=O) groups is 1. The number of pyridine rings is 1. The molecule has 110 valence electrons. The molecule has 0 aromatic carbocycles. The van der Waals surface area contributed by atoms with E-state index in [2.05, 4.69) is 4.98 Å². The summed E-state index contributed by atoms with van der Waals surface area (Å²) < 4.78 is 5.02. The number of amides is 1. The molecule has 20 heavy (non-hydrogen) atoms. The third-order valence-electron chi connectivity index (χ3n) is 3.42. The molecule has 0 radical (unpaired) electrons. The van der Waals surface area contributed by atoms with Crippen LogP contribution in [0, 0.1) is 0 Å². The van der Waals surface area contributed by atoms with Crippen molar-refractivity contribution in [2.24, 2.45) is 0 Å². The maximum atomic E-state index is 12.4. The average Bonchev–Trinajstić information content (AvgIpc) is 2.79. The Bertz CT molecular complexity index is 492. The van der Waals surface area contributed by atoms with Crippen LogP contribution in [0.1, 0.15) is 16.8 Å². The average molecular weight is 279 g/mol. The first kappa shape index (κ1) is 14.7. The highest BCUT2D eigenvalue weighted by Crippen LogP contribution is 2.24. The third-order valence-corrected chi connectivity index (χ3v) is 3.42. The summed E-state index contributed by atoms with van der Waals surface area (Å²) in [6.45, 7) is 1.47. The Kier molecular flexibility index (Phi) is 4.25. The molecule has 0 saturated carbocycles. The molecule has 0 spiro atoms. The summed E-state index contributed by atoms with van der Waals surface area (Å²) in [6, 6.07) is 3.28. The van der Waals surface area contributed by atoms with Crippen LogP contribution in [0.5, 0.6) is 5.88 Å². The first-order valence-corrected chi connectivity index (χ1v) is 6.60. The van der Waals surface area contributed by atoms with E-state index >= 15 is 0 Å². The van der Waals surface area contributed by atoms with Crippen molar-refractivity contribution in [1.29, 1.82) is 0 Å². The van der Waals surface area contributed by atoms with E-state index in [0.29, 0.717) is 37.5 Å². The number of hydrogen-bond acceptors (Lipinski definition) is 5. The summed E-state index contributed by atoms with van der Waals surface area (Å²) in [5.41, 5.74) is -0.290. The zero-order valence-corrected chi connectivity index (χ0v) is 12.2. The molecule has 1 fully saturated rings. The fourth-order valence-electron chi connectivity index (χ4n) is 2.58. The molecule has 1 N–H and O–H groups in total. The van der Waals surface area contributed by atoms with Gasteiger partial charge in [-0.25, -0.2) is 4.98 Å². The molecule has 1 saturated heterocycles. The van der Waals surface area contributed by atoms with Gasteiger partial charge in [-0.3, -0.25) is 4.79 Å². The van der Waals surface area contributed by atoms with Gasteiger partial charge in [0.05, 0.1) is 19.3 Å². The molecule has 0 aliphatic carbocycles. The quantitative estimate of drug-likeness (QED) is 0.854. The van der Waals surface area contributed by atoms with E-state index in [1.807, 2.05) is 19.0 Å². The summed E-state index contributed by atoms with van der Waals surface area (Å²) >= 11 is 0. The number of ether oxygens (including phenoxy) is 1. The van der Waals surface area contributed by atoms with Gasteiger partial charge in [-0.15, -0.1) is 0 Å². The SMILES string of the molecule is COc1cc(C(=O)N2CC[C@](O)(CN(C)C)C2)ccn1. The lowest BCUT2D eigenvalue weighted by Gasteiger charge is -2.26. The largest absolute Gasteiger partial charge is 0.481 e.